The van der Waals surface area contributed by atoms with Crippen LogP contribution in [0.25, 0.3) is 22.5 Å². The number of hydrogen-bond acceptors (Lipinski definition) is 4. The van der Waals surface area contributed by atoms with Crippen LogP contribution in [0.1, 0.15) is 67.2 Å². The van der Waals surface area contributed by atoms with Crippen molar-refractivity contribution in [1.29, 1.82) is 0 Å². The largest absolute Gasteiger partial charge is 0.478 e. The van der Waals surface area contributed by atoms with E-state index in [9.17, 15) is 14.7 Å². The molecule has 0 spiro atoms. The van der Waals surface area contributed by atoms with Crippen molar-refractivity contribution >= 4 is 11.9 Å². The van der Waals surface area contributed by atoms with E-state index in [0.717, 1.165) is 36.0 Å². The summed E-state index contributed by atoms with van der Waals surface area (Å²) >= 11 is 0. The van der Waals surface area contributed by atoms with Gasteiger partial charge >= 0.3 is 5.97 Å². The minimum absolute atomic E-state index is 0.130. The lowest BCUT2D eigenvalue weighted by molar-refractivity contribution is 0.0694. The number of carboxylic acid groups (broad SMARTS) is 1. The van der Waals surface area contributed by atoms with E-state index >= 15 is 4.39 Å². The minimum Gasteiger partial charge on any atom is -0.478 e. The van der Waals surface area contributed by atoms with Crippen molar-refractivity contribution in [3.05, 3.63) is 136 Å². The van der Waals surface area contributed by atoms with Crippen molar-refractivity contribution < 1.29 is 19.1 Å². The fourth-order valence-corrected chi connectivity index (χ4v) is 6.40. The van der Waals surface area contributed by atoms with E-state index in [4.69, 9.17) is 10.7 Å². The lowest BCUT2D eigenvalue weighted by Gasteiger charge is -2.21. The molecule has 1 fully saturated rings. The number of carboxylic acids is 1. The number of nitrogens with zero attached hydrogens (tertiary/aromatic N) is 1. The molecule has 0 radical (unpaired) electrons. The molecule has 0 unspecified atom stereocenters. The Morgan fingerprint density at radius 2 is 1.60 bits per heavy atom. The van der Waals surface area contributed by atoms with Gasteiger partial charge in [-0.05, 0) is 78.1 Å². The molecule has 7 nitrogen and oxygen atoms in total. The summed E-state index contributed by atoms with van der Waals surface area (Å²) in [4.78, 5) is 34.2. The number of fused-ring (bicyclic) bond motifs is 3. The van der Waals surface area contributed by atoms with Gasteiger partial charge in [0.15, 0.2) is 0 Å². The second kappa shape index (κ2) is 11.4. The predicted octanol–water partition coefficient (Wildman–Crippen LogP) is 6.23. The van der Waals surface area contributed by atoms with Gasteiger partial charge in [-0.1, -0.05) is 66.7 Å². The summed E-state index contributed by atoms with van der Waals surface area (Å²) in [6.45, 7) is 0.287. The number of rotatable bonds is 9. The molecule has 0 aliphatic heterocycles. The summed E-state index contributed by atoms with van der Waals surface area (Å²) in [5, 5.41) is 13.2. The topological polar surface area (TPSA) is 121 Å². The number of nitrogens with two attached hydrogens (primary N) is 1. The van der Waals surface area contributed by atoms with E-state index in [2.05, 4.69) is 34.6 Å². The summed E-state index contributed by atoms with van der Waals surface area (Å²) in [5.41, 5.74) is 13.7. The molecule has 226 valence electrons. The molecular weight excluding hydrogens is 567 g/mol. The maximum Gasteiger partial charge on any atom is 0.337 e. The second-order valence-corrected chi connectivity index (χ2v) is 12.2. The van der Waals surface area contributed by atoms with Crippen molar-refractivity contribution in [1.82, 2.24) is 15.3 Å². The van der Waals surface area contributed by atoms with Crippen LogP contribution in [-0.2, 0) is 32.2 Å². The third-order valence-corrected chi connectivity index (χ3v) is 8.89. The highest BCUT2D eigenvalue weighted by Gasteiger charge is 2.41. The Balaban J connectivity index is 1.24. The number of nitrogens with one attached hydrogen (secondary N) is 2. The van der Waals surface area contributed by atoms with Gasteiger partial charge in [-0.25, -0.2) is 14.2 Å². The lowest BCUT2D eigenvalue weighted by atomic mass is 9.85. The van der Waals surface area contributed by atoms with Crippen molar-refractivity contribution in [2.24, 2.45) is 5.73 Å². The maximum atomic E-state index is 15.2. The molecule has 45 heavy (non-hydrogen) atoms. The monoisotopic (exact) mass is 600 g/mol. The van der Waals surface area contributed by atoms with Gasteiger partial charge in [0.1, 0.15) is 11.5 Å². The number of aromatic amines is 1. The quantitative estimate of drug-likeness (QED) is 0.160. The highest BCUT2D eigenvalue weighted by molar-refractivity contribution is 5.98. The van der Waals surface area contributed by atoms with Crippen molar-refractivity contribution in [2.45, 2.75) is 50.6 Å². The number of pyridine rings is 1. The number of benzene rings is 3. The van der Waals surface area contributed by atoms with Crippen LogP contribution < -0.4 is 11.1 Å². The van der Waals surface area contributed by atoms with E-state index < -0.39 is 23.2 Å². The fourth-order valence-electron chi connectivity index (χ4n) is 6.40. The average molecular weight is 601 g/mol. The molecule has 5 N–H and O–H groups in total. The molecule has 0 atom stereocenters. The Morgan fingerprint density at radius 1 is 0.889 bits per heavy atom. The Bertz CT molecular complexity index is 1950. The molecule has 2 aromatic heterocycles. The molecule has 2 aliphatic rings. The first-order chi connectivity index (χ1) is 21.8. The zero-order valence-corrected chi connectivity index (χ0v) is 24.7. The Hall–Kier alpha value is -5.08. The normalized spacial score (nSPS) is 14.4. The molecule has 5 aromatic rings. The molecule has 2 heterocycles. The number of hydrogen-bond donors (Lipinski definition) is 4. The third-order valence-electron chi connectivity index (χ3n) is 8.89. The molecule has 1 amide bonds. The van der Waals surface area contributed by atoms with Crippen LogP contribution in [0.5, 0.6) is 0 Å². The zero-order valence-electron chi connectivity index (χ0n) is 24.7. The first kappa shape index (κ1) is 28.7. The molecule has 0 saturated heterocycles. The zero-order chi connectivity index (χ0) is 31.1. The summed E-state index contributed by atoms with van der Waals surface area (Å²) in [6, 6.07) is 26.3. The third kappa shape index (κ3) is 5.77. The number of carbonyl (C=O) groups is 2. The fraction of sp³-hybridized carbons (Fsp3) is 0.216. The molecule has 0 bridgehead atoms. The molecule has 7 rings (SSSR count). The first-order valence-corrected chi connectivity index (χ1v) is 15.2. The van der Waals surface area contributed by atoms with Crippen molar-refractivity contribution in [2.75, 3.05) is 0 Å². The standard InChI is InChI=1S/C37H33FN4O3/c38-29-12-5-4-11-26(29)33-25-13-14-27-32(36(44)45)31(20-37(39)15-16-37)42-34(27)28(25)19-30(41-33)35(43)40-21-24-10-6-9-23(18-24)17-22-7-2-1-3-8-22/h1-12,18-19,42H,13-17,20-21,39H2,(H,40,43)(H,44,45). The number of halogens is 1. The van der Waals surface area contributed by atoms with Crippen LogP contribution >= 0.6 is 0 Å². The highest BCUT2D eigenvalue weighted by Crippen LogP contribution is 2.43. The van der Waals surface area contributed by atoms with Crippen molar-refractivity contribution in [3.63, 3.8) is 0 Å². The van der Waals surface area contributed by atoms with E-state index in [1.165, 1.54) is 11.6 Å². The highest BCUT2D eigenvalue weighted by atomic mass is 19.1. The maximum absolute atomic E-state index is 15.2. The van der Waals surface area contributed by atoms with E-state index in [-0.39, 0.29) is 17.8 Å². The summed E-state index contributed by atoms with van der Waals surface area (Å²) in [5.74, 6) is -1.85. The van der Waals surface area contributed by atoms with Gasteiger partial charge in [0, 0.05) is 35.3 Å². The number of amides is 1. The smallest absolute Gasteiger partial charge is 0.337 e. The number of aromatic carboxylic acids is 1. The predicted molar refractivity (Wildman–Crippen MR) is 171 cm³/mol. The van der Waals surface area contributed by atoms with Crippen LogP contribution in [-0.4, -0.2) is 32.5 Å². The summed E-state index contributed by atoms with van der Waals surface area (Å²) < 4.78 is 15.2. The van der Waals surface area contributed by atoms with Gasteiger partial charge in [0.2, 0.25) is 0 Å². The Kier molecular flexibility index (Phi) is 7.30. The average Bonchev–Trinajstić information content (AvgIpc) is 3.64. The molecular formula is C37H33FN4O3. The minimum atomic E-state index is -1.01. The number of aromatic nitrogens is 2. The van der Waals surface area contributed by atoms with Crippen LogP contribution in [0, 0.1) is 5.82 Å². The van der Waals surface area contributed by atoms with E-state index in [0.29, 0.717) is 53.0 Å². The second-order valence-electron chi connectivity index (χ2n) is 12.2. The number of H-pyrrole nitrogens is 1. The van der Waals surface area contributed by atoms with Crippen molar-refractivity contribution in [3.8, 4) is 22.5 Å². The van der Waals surface area contributed by atoms with Gasteiger partial charge in [0.05, 0.1) is 17.0 Å². The SMILES string of the molecule is NC1(Cc2[nH]c3c(c2C(=O)O)CCc2c-3cc(C(=O)NCc3cccc(Cc4ccccc4)c3)nc2-c2ccccc2F)CC1. The molecule has 8 heteroatoms. The summed E-state index contributed by atoms with van der Waals surface area (Å²) in [7, 11) is 0. The van der Waals surface area contributed by atoms with Crippen LogP contribution in [0.15, 0.2) is 84.9 Å². The van der Waals surface area contributed by atoms with E-state index in [1.54, 1.807) is 24.3 Å². The van der Waals surface area contributed by atoms with Crippen LogP contribution in [0.3, 0.4) is 0 Å². The summed E-state index contributed by atoms with van der Waals surface area (Å²) in [6.07, 6.45) is 3.80. The first-order valence-electron chi connectivity index (χ1n) is 15.2. The Morgan fingerprint density at radius 3 is 2.36 bits per heavy atom. The molecule has 1 saturated carbocycles. The van der Waals surface area contributed by atoms with Gasteiger partial charge < -0.3 is 21.1 Å². The molecule has 2 aliphatic carbocycles. The van der Waals surface area contributed by atoms with Gasteiger partial charge in [-0.15, -0.1) is 0 Å². The van der Waals surface area contributed by atoms with Gasteiger partial charge in [0.25, 0.3) is 5.91 Å². The van der Waals surface area contributed by atoms with E-state index in [1.807, 2.05) is 30.3 Å². The molecule has 3 aromatic carbocycles. The van der Waals surface area contributed by atoms with Crippen LogP contribution in [0.2, 0.25) is 0 Å². The lowest BCUT2D eigenvalue weighted by Crippen LogP contribution is -2.25. The van der Waals surface area contributed by atoms with Gasteiger partial charge in [-0.2, -0.15) is 0 Å². The van der Waals surface area contributed by atoms with Gasteiger partial charge in [-0.3, -0.25) is 4.79 Å². The van der Waals surface area contributed by atoms with Crippen LogP contribution in [0.4, 0.5) is 4.39 Å². The number of carbonyl (C=O) groups excluding carboxylic acids is 1. The Labute approximate surface area is 260 Å².